The predicted molar refractivity (Wildman–Crippen MR) is 92.5 cm³/mol. The Morgan fingerprint density at radius 2 is 1.92 bits per heavy atom. The lowest BCUT2D eigenvalue weighted by Crippen LogP contribution is -2.32. The molecule has 6 heteroatoms. The van der Waals surface area contributed by atoms with Gasteiger partial charge in [-0.05, 0) is 49.9 Å². The first kappa shape index (κ1) is 15.7. The van der Waals surface area contributed by atoms with E-state index in [1.807, 2.05) is 4.90 Å². The molecule has 0 bridgehead atoms. The summed E-state index contributed by atoms with van der Waals surface area (Å²) in [6.45, 7) is 3.75. The van der Waals surface area contributed by atoms with Gasteiger partial charge in [0.05, 0.1) is 6.20 Å². The smallest absolute Gasteiger partial charge is 0.265 e. The molecule has 1 aromatic heterocycles. The lowest BCUT2D eigenvalue weighted by Gasteiger charge is -2.19. The van der Waals surface area contributed by atoms with Crippen LogP contribution in [0.2, 0.25) is 0 Å². The van der Waals surface area contributed by atoms with Crippen LogP contribution in [0.4, 0.5) is 4.39 Å². The van der Waals surface area contributed by atoms with Crippen molar-refractivity contribution in [1.29, 1.82) is 0 Å². The van der Waals surface area contributed by atoms with E-state index in [9.17, 15) is 9.18 Å². The fourth-order valence-electron chi connectivity index (χ4n) is 3.71. The number of rotatable bonds is 2. The highest BCUT2D eigenvalue weighted by Gasteiger charge is 2.32. The molecule has 2 saturated heterocycles. The molecular formula is C18H20FN3OS. The van der Waals surface area contributed by atoms with Crippen LogP contribution in [0.1, 0.15) is 22.5 Å². The summed E-state index contributed by atoms with van der Waals surface area (Å²) in [5.74, 6) is 1.11. The molecule has 2 aliphatic heterocycles. The zero-order valence-corrected chi connectivity index (χ0v) is 14.2. The predicted octanol–water partition coefficient (Wildman–Crippen LogP) is 3.02. The SMILES string of the molecule is O=C(c1cnc(-c2ccccc2F)s1)N1CC[C@@H]2CNC[C@@H]2CC1. The molecule has 126 valence electrons. The van der Waals surface area contributed by atoms with Crippen LogP contribution in [0, 0.1) is 17.7 Å². The van der Waals surface area contributed by atoms with E-state index in [1.165, 1.54) is 17.4 Å². The number of thiazole rings is 1. The molecule has 4 nitrogen and oxygen atoms in total. The number of aromatic nitrogens is 1. The lowest BCUT2D eigenvalue weighted by atomic mass is 9.92. The molecule has 0 spiro atoms. The number of nitrogens with zero attached hydrogens (tertiary/aromatic N) is 2. The van der Waals surface area contributed by atoms with E-state index in [1.54, 1.807) is 24.4 Å². The summed E-state index contributed by atoms with van der Waals surface area (Å²) < 4.78 is 13.9. The Morgan fingerprint density at radius 1 is 1.21 bits per heavy atom. The van der Waals surface area contributed by atoms with E-state index in [4.69, 9.17) is 0 Å². The molecule has 2 aliphatic rings. The number of benzene rings is 1. The Labute approximate surface area is 144 Å². The highest BCUT2D eigenvalue weighted by molar-refractivity contribution is 7.16. The molecule has 2 aromatic rings. The second-order valence-electron chi connectivity index (χ2n) is 6.56. The minimum absolute atomic E-state index is 0.0306. The van der Waals surface area contributed by atoms with Crippen LogP contribution in [0.15, 0.2) is 30.5 Å². The number of amides is 1. The molecule has 0 radical (unpaired) electrons. The third-order valence-corrected chi connectivity index (χ3v) is 6.15. The Morgan fingerprint density at radius 3 is 2.62 bits per heavy atom. The first-order chi connectivity index (χ1) is 11.7. The van der Waals surface area contributed by atoms with Crippen molar-refractivity contribution < 1.29 is 9.18 Å². The van der Waals surface area contributed by atoms with Gasteiger partial charge in [-0.15, -0.1) is 11.3 Å². The molecular weight excluding hydrogens is 325 g/mol. The average molecular weight is 345 g/mol. The van der Waals surface area contributed by atoms with Crippen molar-refractivity contribution in [2.75, 3.05) is 26.2 Å². The van der Waals surface area contributed by atoms with Crippen molar-refractivity contribution in [2.24, 2.45) is 11.8 Å². The maximum atomic E-state index is 13.9. The normalized spacial score (nSPS) is 23.8. The highest BCUT2D eigenvalue weighted by atomic mass is 32.1. The van der Waals surface area contributed by atoms with Crippen molar-refractivity contribution >= 4 is 17.2 Å². The maximum Gasteiger partial charge on any atom is 0.265 e. The number of hydrogen-bond acceptors (Lipinski definition) is 4. The first-order valence-electron chi connectivity index (χ1n) is 8.43. The number of carbonyl (C=O) groups is 1. The van der Waals surface area contributed by atoms with Crippen molar-refractivity contribution in [1.82, 2.24) is 15.2 Å². The van der Waals surface area contributed by atoms with Gasteiger partial charge in [0, 0.05) is 18.7 Å². The standard InChI is InChI=1S/C18H20FN3OS/c19-15-4-2-1-3-14(15)17-21-11-16(24-17)18(23)22-7-5-12-9-20-10-13(12)6-8-22/h1-4,11-13,20H,5-10H2/t12-,13+. The maximum absolute atomic E-state index is 13.9. The summed E-state index contributed by atoms with van der Waals surface area (Å²) in [6.07, 6.45) is 3.70. The van der Waals surface area contributed by atoms with Crippen molar-refractivity contribution in [2.45, 2.75) is 12.8 Å². The number of carbonyl (C=O) groups excluding carboxylic acids is 1. The highest BCUT2D eigenvalue weighted by Crippen LogP contribution is 2.30. The van der Waals surface area contributed by atoms with Gasteiger partial charge in [0.15, 0.2) is 0 Å². The Kier molecular flexibility index (Phi) is 4.33. The van der Waals surface area contributed by atoms with E-state index in [-0.39, 0.29) is 11.7 Å². The van der Waals surface area contributed by atoms with Gasteiger partial charge in [-0.1, -0.05) is 12.1 Å². The minimum atomic E-state index is -0.305. The summed E-state index contributed by atoms with van der Waals surface area (Å²) >= 11 is 1.28. The van der Waals surface area contributed by atoms with Gasteiger partial charge in [0.25, 0.3) is 5.91 Å². The molecule has 2 atom stereocenters. The van der Waals surface area contributed by atoms with Crippen LogP contribution in [0.25, 0.3) is 10.6 Å². The first-order valence-corrected chi connectivity index (χ1v) is 9.25. The van der Waals surface area contributed by atoms with Gasteiger partial charge in [-0.25, -0.2) is 9.37 Å². The quantitative estimate of drug-likeness (QED) is 0.910. The average Bonchev–Trinajstić information content (AvgIpc) is 3.21. The van der Waals surface area contributed by atoms with E-state index < -0.39 is 0 Å². The van der Waals surface area contributed by atoms with Crippen LogP contribution in [-0.4, -0.2) is 42.0 Å². The number of hydrogen-bond donors (Lipinski definition) is 1. The number of fused-ring (bicyclic) bond motifs is 1. The molecule has 24 heavy (non-hydrogen) atoms. The van der Waals surface area contributed by atoms with Crippen molar-refractivity contribution in [3.63, 3.8) is 0 Å². The minimum Gasteiger partial charge on any atom is -0.338 e. The number of nitrogens with one attached hydrogen (secondary N) is 1. The van der Waals surface area contributed by atoms with Gasteiger partial charge in [0.2, 0.25) is 0 Å². The van der Waals surface area contributed by atoms with Gasteiger partial charge in [-0.2, -0.15) is 0 Å². The zero-order chi connectivity index (χ0) is 16.5. The number of halogens is 1. The van der Waals surface area contributed by atoms with Crippen molar-refractivity contribution in [3.05, 3.63) is 41.2 Å². The summed E-state index contributed by atoms with van der Waals surface area (Å²) in [7, 11) is 0. The van der Waals surface area contributed by atoms with E-state index in [0.29, 0.717) is 27.3 Å². The zero-order valence-electron chi connectivity index (χ0n) is 13.4. The van der Waals surface area contributed by atoms with Gasteiger partial charge < -0.3 is 10.2 Å². The fraction of sp³-hybridized carbons (Fsp3) is 0.444. The molecule has 0 unspecified atom stereocenters. The fourth-order valence-corrected chi connectivity index (χ4v) is 4.62. The third-order valence-electron chi connectivity index (χ3n) is 5.13. The lowest BCUT2D eigenvalue weighted by molar-refractivity contribution is 0.0763. The molecule has 3 heterocycles. The Hall–Kier alpha value is -1.79. The summed E-state index contributed by atoms with van der Waals surface area (Å²) in [5.41, 5.74) is 0.457. The monoisotopic (exact) mass is 345 g/mol. The Bertz CT molecular complexity index is 733. The van der Waals surface area contributed by atoms with Crippen LogP contribution in [-0.2, 0) is 0 Å². The molecule has 1 aromatic carbocycles. The molecule has 1 amide bonds. The van der Waals surface area contributed by atoms with E-state index in [0.717, 1.165) is 39.0 Å². The Balaban J connectivity index is 1.50. The van der Waals surface area contributed by atoms with E-state index in [2.05, 4.69) is 10.3 Å². The summed E-state index contributed by atoms with van der Waals surface area (Å²) in [5, 5.41) is 4.01. The van der Waals surface area contributed by atoms with Crippen molar-refractivity contribution in [3.8, 4) is 10.6 Å². The summed E-state index contributed by atoms with van der Waals surface area (Å²) in [4.78, 5) is 19.6. The summed E-state index contributed by atoms with van der Waals surface area (Å²) in [6, 6.07) is 6.55. The van der Waals surface area contributed by atoms with Crippen LogP contribution >= 0.6 is 11.3 Å². The molecule has 0 aliphatic carbocycles. The van der Waals surface area contributed by atoms with E-state index >= 15 is 0 Å². The van der Waals surface area contributed by atoms with Crippen LogP contribution < -0.4 is 5.32 Å². The molecule has 1 N–H and O–H groups in total. The third kappa shape index (κ3) is 2.96. The molecule has 4 rings (SSSR count). The second-order valence-corrected chi connectivity index (χ2v) is 7.59. The molecule has 2 fully saturated rings. The largest absolute Gasteiger partial charge is 0.338 e. The van der Waals surface area contributed by atoms with Crippen LogP contribution in [0.3, 0.4) is 0 Å². The van der Waals surface area contributed by atoms with Gasteiger partial charge in [0.1, 0.15) is 15.7 Å². The topological polar surface area (TPSA) is 45.2 Å². The second kappa shape index (κ2) is 6.61. The molecule has 0 saturated carbocycles. The van der Waals surface area contributed by atoms with Crippen LogP contribution in [0.5, 0.6) is 0 Å². The number of likely N-dealkylation sites (tertiary alicyclic amines) is 1. The van der Waals surface area contributed by atoms with Gasteiger partial charge >= 0.3 is 0 Å². The van der Waals surface area contributed by atoms with Gasteiger partial charge in [-0.3, -0.25) is 4.79 Å².